The maximum Gasteiger partial charge on any atom is 0.276 e. The van der Waals surface area contributed by atoms with Crippen LogP contribution in [0.2, 0.25) is 0 Å². The maximum atomic E-state index is 5.50. The van der Waals surface area contributed by atoms with Gasteiger partial charge in [-0.2, -0.15) is 4.98 Å². The summed E-state index contributed by atoms with van der Waals surface area (Å²) in [4.78, 5) is 8.56. The predicted molar refractivity (Wildman–Crippen MR) is 57.4 cm³/mol. The second-order valence-corrected chi connectivity index (χ2v) is 3.99. The van der Waals surface area contributed by atoms with Crippen LogP contribution in [-0.2, 0) is 6.54 Å². The number of nitrogens with zero attached hydrogens (tertiary/aromatic N) is 3. The van der Waals surface area contributed by atoms with Gasteiger partial charge < -0.3 is 10.3 Å². The van der Waals surface area contributed by atoms with Gasteiger partial charge in [0.1, 0.15) is 5.69 Å². The Hall–Kier alpha value is -1.75. The van der Waals surface area contributed by atoms with E-state index in [0.717, 1.165) is 11.4 Å². The molecule has 0 spiro atoms. The van der Waals surface area contributed by atoms with Crippen LogP contribution in [0.3, 0.4) is 0 Å². The Labute approximate surface area is 92.7 Å². The summed E-state index contributed by atoms with van der Waals surface area (Å²) in [7, 11) is 0. The van der Waals surface area contributed by atoms with Crippen LogP contribution in [0, 0.1) is 0 Å². The van der Waals surface area contributed by atoms with E-state index < -0.39 is 0 Å². The quantitative estimate of drug-likeness (QED) is 0.840. The lowest BCUT2D eigenvalue weighted by Crippen LogP contribution is -1.96. The molecule has 0 aromatic carbocycles. The molecular weight excluding hydrogens is 204 g/mol. The molecule has 0 aliphatic heterocycles. The molecule has 3 rings (SSSR count). The van der Waals surface area contributed by atoms with Crippen LogP contribution in [0.4, 0.5) is 0 Å². The second-order valence-electron chi connectivity index (χ2n) is 3.99. The third kappa shape index (κ3) is 1.69. The lowest BCUT2D eigenvalue weighted by atomic mass is 10.2. The van der Waals surface area contributed by atoms with E-state index in [1.54, 1.807) is 6.20 Å². The molecule has 82 valence electrons. The first-order valence-corrected chi connectivity index (χ1v) is 5.36. The van der Waals surface area contributed by atoms with Crippen molar-refractivity contribution < 1.29 is 4.52 Å². The molecule has 1 aliphatic carbocycles. The summed E-state index contributed by atoms with van der Waals surface area (Å²) in [6, 6.07) is 3.77. The van der Waals surface area contributed by atoms with Gasteiger partial charge in [0.15, 0.2) is 5.82 Å². The van der Waals surface area contributed by atoms with Crippen LogP contribution in [0.1, 0.15) is 30.1 Å². The summed E-state index contributed by atoms with van der Waals surface area (Å²) in [5, 5.41) is 3.95. The van der Waals surface area contributed by atoms with Crippen molar-refractivity contribution in [2.45, 2.75) is 25.3 Å². The summed E-state index contributed by atoms with van der Waals surface area (Å²) in [6.45, 7) is 0.491. The van der Waals surface area contributed by atoms with Crippen molar-refractivity contribution in [1.82, 2.24) is 15.1 Å². The second kappa shape index (κ2) is 3.68. The Balaban J connectivity index is 1.88. The van der Waals surface area contributed by atoms with Gasteiger partial charge in [-0.25, -0.2) is 0 Å². The molecule has 0 bridgehead atoms. The van der Waals surface area contributed by atoms with Gasteiger partial charge in [0.05, 0.1) is 0 Å². The first-order valence-electron chi connectivity index (χ1n) is 5.36. The Morgan fingerprint density at radius 3 is 2.88 bits per heavy atom. The highest BCUT2D eigenvalue weighted by molar-refractivity contribution is 5.46. The first kappa shape index (κ1) is 9.47. The molecule has 2 aromatic rings. The molecule has 2 aromatic heterocycles. The Morgan fingerprint density at radius 1 is 1.38 bits per heavy atom. The van der Waals surface area contributed by atoms with E-state index in [1.165, 1.54) is 12.8 Å². The van der Waals surface area contributed by atoms with Gasteiger partial charge in [0.2, 0.25) is 0 Å². The average molecular weight is 216 g/mol. The molecule has 0 saturated heterocycles. The van der Waals surface area contributed by atoms with E-state index in [2.05, 4.69) is 15.1 Å². The Kier molecular flexibility index (Phi) is 2.18. The predicted octanol–water partition coefficient (Wildman–Crippen LogP) is 1.47. The van der Waals surface area contributed by atoms with Crippen LogP contribution in [0.25, 0.3) is 11.6 Å². The number of rotatable bonds is 3. The summed E-state index contributed by atoms with van der Waals surface area (Å²) < 4.78 is 5.17. The fourth-order valence-electron chi connectivity index (χ4n) is 1.52. The first-order chi connectivity index (χ1) is 7.86. The number of aromatic nitrogens is 3. The summed E-state index contributed by atoms with van der Waals surface area (Å²) in [5.41, 5.74) is 7.20. The van der Waals surface area contributed by atoms with E-state index in [4.69, 9.17) is 10.3 Å². The number of hydrogen-bond acceptors (Lipinski definition) is 5. The summed E-state index contributed by atoms with van der Waals surface area (Å²) in [6.07, 6.45) is 4.06. The third-order valence-corrected chi connectivity index (χ3v) is 2.66. The minimum absolute atomic E-state index is 0.491. The molecule has 0 radical (unpaired) electrons. The smallest absolute Gasteiger partial charge is 0.276 e. The molecule has 1 aliphatic rings. The number of hydrogen-bond donors (Lipinski definition) is 1. The van der Waals surface area contributed by atoms with Crippen LogP contribution in [-0.4, -0.2) is 15.1 Å². The van der Waals surface area contributed by atoms with Gasteiger partial charge in [-0.05, 0) is 24.5 Å². The van der Waals surface area contributed by atoms with Crippen LogP contribution in [0.5, 0.6) is 0 Å². The molecule has 5 nitrogen and oxygen atoms in total. The highest BCUT2D eigenvalue weighted by Crippen LogP contribution is 2.38. The minimum atomic E-state index is 0.491. The van der Waals surface area contributed by atoms with Crippen LogP contribution < -0.4 is 5.73 Å². The van der Waals surface area contributed by atoms with E-state index in [-0.39, 0.29) is 0 Å². The number of nitrogens with two attached hydrogens (primary N) is 1. The Morgan fingerprint density at radius 2 is 2.25 bits per heavy atom. The van der Waals surface area contributed by atoms with Gasteiger partial charge in [0.25, 0.3) is 5.89 Å². The fraction of sp³-hybridized carbons (Fsp3) is 0.364. The van der Waals surface area contributed by atoms with Gasteiger partial charge in [-0.1, -0.05) is 11.2 Å². The molecule has 0 amide bonds. The van der Waals surface area contributed by atoms with Gasteiger partial charge in [0, 0.05) is 18.7 Å². The molecule has 0 unspecified atom stereocenters. The molecule has 2 heterocycles. The molecule has 1 fully saturated rings. The minimum Gasteiger partial charge on any atom is -0.332 e. The van der Waals surface area contributed by atoms with Gasteiger partial charge in [-0.3, -0.25) is 4.98 Å². The van der Waals surface area contributed by atoms with E-state index in [1.807, 2.05) is 12.1 Å². The van der Waals surface area contributed by atoms with Gasteiger partial charge in [-0.15, -0.1) is 0 Å². The SMILES string of the molecule is NCc1ccc(-c2nc(C3CC3)no2)nc1. The monoisotopic (exact) mass is 216 g/mol. The Bertz CT molecular complexity index is 487. The molecular formula is C11H12N4O. The average Bonchev–Trinajstić information content (AvgIpc) is 3.08. The van der Waals surface area contributed by atoms with Crippen LogP contribution in [0.15, 0.2) is 22.9 Å². The standard InChI is InChI=1S/C11H12N4O/c12-5-7-1-4-9(13-6-7)11-14-10(15-16-11)8-2-3-8/h1,4,6,8H,2-3,5,12H2. The van der Waals surface area contributed by atoms with Crippen LogP contribution >= 0.6 is 0 Å². The summed E-state index contributed by atoms with van der Waals surface area (Å²) in [5.74, 6) is 1.80. The lowest BCUT2D eigenvalue weighted by molar-refractivity contribution is 0.421. The van der Waals surface area contributed by atoms with Gasteiger partial charge >= 0.3 is 0 Å². The zero-order valence-electron chi connectivity index (χ0n) is 8.76. The molecule has 0 atom stereocenters. The largest absolute Gasteiger partial charge is 0.332 e. The topological polar surface area (TPSA) is 77.8 Å². The van der Waals surface area contributed by atoms with Crippen molar-refractivity contribution in [1.29, 1.82) is 0 Å². The molecule has 5 heteroatoms. The molecule has 1 saturated carbocycles. The zero-order chi connectivity index (χ0) is 11.0. The fourth-order valence-corrected chi connectivity index (χ4v) is 1.52. The highest BCUT2D eigenvalue weighted by atomic mass is 16.5. The van der Waals surface area contributed by atoms with E-state index >= 15 is 0 Å². The normalized spacial score (nSPS) is 15.3. The zero-order valence-corrected chi connectivity index (χ0v) is 8.76. The number of pyridine rings is 1. The summed E-state index contributed by atoms with van der Waals surface area (Å²) >= 11 is 0. The lowest BCUT2D eigenvalue weighted by Gasteiger charge is -1.96. The van der Waals surface area contributed by atoms with Crippen molar-refractivity contribution in [3.05, 3.63) is 29.7 Å². The third-order valence-electron chi connectivity index (χ3n) is 2.66. The van der Waals surface area contributed by atoms with Crippen molar-refractivity contribution in [3.8, 4) is 11.6 Å². The van der Waals surface area contributed by atoms with Crippen molar-refractivity contribution in [2.75, 3.05) is 0 Å². The van der Waals surface area contributed by atoms with E-state index in [0.29, 0.717) is 24.0 Å². The molecule has 16 heavy (non-hydrogen) atoms. The molecule has 2 N–H and O–H groups in total. The van der Waals surface area contributed by atoms with Crippen molar-refractivity contribution >= 4 is 0 Å². The van der Waals surface area contributed by atoms with Crippen molar-refractivity contribution in [2.24, 2.45) is 5.73 Å². The van der Waals surface area contributed by atoms with E-state index in [9.17, 15) is 0 Å². The van der Waals surface area contributed by atoms with Crippen molar-refractivity contribution in [3.63, 3.8) is 0 Å². The highest BCUT2D eigenvalue weighted by Gasteiger charge is 2.29. The maximum absolute atomic E-state index is 5.50.